The topological polar surface area (TPSA) is 15.3 Å². The zero-order chi connectivity index (χ0) is 12.5. The molecule has 1 heterocycles. The highest BCUT2D eigenvalue weighted by Gasteiger charge is 2.20. The highest BCUT2D eigenvalue weighted by Crippen LogP contribution is 2.25. The Morgan fingerprint density at radius 1 is 1.18 bits per heavy atom. The molecule has 0 saturated carbocycles. The quantitative estimate of drug-likeness (QED) is 0.843. The van der Waals surface area contributed by atoms with Gasteiger partial charge in [0.15, 0.2) is 0 Å². The fourth-order valence-corrected chi connectivity index (χ4v) is 2.38. The smallest absolute Gasteiger partial charge is 0.0423 e. The van der Waals surface area contributed by atoms with Gasteiger partial charge in [-0.2, -0.15) is 0 Å². The summed E-state index contributed by atoms with van der Waals surface area (Å²) >= 11 is 0. The maximum Gasteiger partial charge on any atom is 0.0423 e. The first-order chi connectivity index (χ1) is 7.98. The number of nitrogens with one attached hydrogen (secondary N) is 1. The van der Waals surface area contributed by atoms with Crippen LogP contribution in [0.5, 0.6) is 0 Å². The zero-order valence-corrected chi connectivity index (χ0v) is 11.5. The minimum absolute atomic E-state index is 0.242. The number of benzene rings is 1. The van der Waals surface area contributed by atoms with Crippen LogP contribution in [0.2, 0.25) is 0 Å². The maximum atomic E-state index is 3.42. The van der Waals surface area contributed by atoms with Crippen LogP contribution in [0.4, 0.5) is 5.69 Å². The number of anilines is 1. The van der Waals surface area contributed by atoms with Crippen molar-refractivity contribution in [3.05, 3.63) is 29.8 Å². The summed E-state index contributed by atoms with van der Waals surface area (Å²) in [5, 5.41) is 3.42. The van der Waals surface area contributed by atoms with E-state index < -0.39 is 0 Å². The van der Waals surface area contributed by atoms with Crippen LogP contribution in [-0.4, -0.2) is 26.2 Å². The SMILES string of the molecule is CN(c1ccc(C(C)(C)C)cc1)C1CCNC1. The molecular weight excluding hydrogens is 208 g/mol. The van der Waals surface area contributed by atoms with Gasteiger partial charge < -0.3 is 10.2 Å². The number of hydrogen-bond donors (Lipinski definition) is 1. The van der Waals surface area contributed by atoms with Gasteiger partial charge in [0.25, 0.3) is 0 Å². The number of rotatable bonds is 2. The van der Waals surface area contributed by atoms with Crippen LogP contribution in [0.1, 0.15) is 32.8 Å². The molecule has 0 spiro atoms. The van der Waals surface area contributed by atoms with Gasteiger partial charge in [-0.3, -0.25) is 0 Å². The van der Waals surface area contributed by atoms with Crippen molar-refractivity contribution in [3.63, 3.8) is 0 Å². The molecule has 0 aliphatic carbocycles. The number of nitrogens with zero attached hydrogens (tertiary/aromatic N) is 1. The summed E-state index contributed by atoms with van der Waals surface area (Å²) in [6, 6.07) is 9.66. The second kappa shape index (κ2) is 4.69. The molecule has 1 aliphatic rings. The van der Waals surface area contributed by atoms with Crippen molar-refractivity contribution in [1.82, 2.24) is 5.32 Å². The Labute approximate surface area is 105 Å². The van der Waals surface area contributed by atoms with Gasteiger partial charge >= 0.3 is 0 Å². The van der Waals surface area contributed by atoms with Gasteiger partial charge in [0, 0.05) is 25.3 Å². The van der Waals surface area contributed by atoms with Gasteiger partial charge in [0.2, 0.25) is 0 Å². The molecule has 1 aliphatic heterocycles. The van der Waals surface area contributed by atoms with E-state index in [-0.39, 0.29) is 5.41 Å². The lowest BCUT2D eigenvalue weighted by Crippen LogP contribution is -2.33. The molecule has 1 aromatic carbocycles. The fraction of sp³-hybridized carbons (Fsp3) is 0.600. The molecule has 2 rings (SSSR count). The van der Waals surface area contributed by atoms with Crippen LogP contribution in [0, 0.1) is 0 Å². The highest BCUT2D eigenvalue weighted by molar-refractivity contribution is 5.49. The van der Waals surface area contributed by atoms with E-state index in [1.807, 2.05) is 0 Å². The van der Waals surface area contributed by atoms with E-state index in [9.17, 15) is 0 Å². The maximum absolute atomic E-state index is 3.42. The monoisotopic (exact) mass is 232 g/mol. The molecule has 0 amide bonds. The summed E-state index contributed by atoms with van der Waals surface area (Å²) in [5.41, 5.74) is 2.97. The van der Waals surface area contributed by atoms with E-state index in [0.717, 1.165) is 13.1 Å². The Hall–Kier alpha value is -1.02. The summed E-state index contributed by atoms with van der Waals surface area (Å²) in [7, 11) is 2.20. The molecule has 1 atom stereocenters. The third-order valence-corrected chi connectivity index (χ3v) is 3.72. The Kier molecular flexibility index (Phi) is 3.43. The third kappa shape index (κ3) is 2.81. The Bertz CT molecular complexity index is 356. The van der Waals surface area contributed by atoms with E-state index in [1.54, 1.807) is 0 Å². The average Bonchev–Trinajstić information content (AvgIpc) is 2.80. The normalized spacial score (nSPS) is 20.6. The molecule has 1 aromatic rings. The van der Waals surface area contributed by atoms with Gasteiger partial charge in [0.05, 0.1) is 0 Å². The first-order valence-corrected chi connectivity index (χ1v) is 6.52. The van der Waals surface area contributed by atoms with Crippen molar-refractivity contribution in [3.8, 4) is 0 Å². The molecule has 1 saturated heterocycles. The predicted molar refractivity (Wildman–Crippen MR) is 74.8 cm³/mol. The molecule has 0 bridgehead atoms. The summed E-state index contributed by atoms with van der Waals surface area (Å²) in [6.07, 6.45) is 1.25. The van der Waals surface area contributed by atoms with Crippen LogP contribution in [0.25, 0.3) is 0 Å². The average molecular weight is 232 g/mol. The van der Waals surface area contributed by atoms with Crippen LogP contribution in [0.3, 0.4) is 0 Å². The largest absolute Gasteiger partial charge is 0.370 e. The van der Waals surface area contributed by atoms with E-state index in [2.05, 4.69) is 62.3 Å². The molecule has 2 heteroatoms. The third-order valence-electron chi connectivity index (χ3n) is 3.72. The van der Waals surface area contributed by atoms with Crippen molar-refractivity contribution in [2.75, 3.05) is 25.0 Å². The second-order valence-corrected chi connectivity index (χ2v) is 6.05. The van der Waals surface area contributed by atoms with E-state index in [4.69, 9.17) is 0 Å². The van der Waals surface area contributed by atoms with Gasteiger partial charge in [-0.25, -0.2) is 0 Å². The number of likely N-dealkylation sites (N-methyl/N-ethyl adjacent to an activating group) is 1. The van der Waals surface area contributed by atoms with E-state index >= 15 is 0 Å². The zero-order valence-electron chi connectivity index (χ0n) is 11.5. The van der Waals surface area contributed by atoms with Crippen molar-refractivity contribution in [1.29, 1.82) is 0 Å². The number of hydrogen-bond acceptors (Lipinski definition) is 2. The van der Waals surface area contributed by atoms with Gasteiger partial charge in [-0.1, -0.05) is 32.9 Å². The van der Waals surface area contributed by atoms with E-state index in [0.29, 0.717) is 6.04 Å². The van der Waals surface area contributed by atoms with E-state index in [1.165, 1.54) is 17.7 Å². The molecule has 0 radical (unpaired) electrons. The molecule has 1 fully saturated rings. The van der Waals surface area contributed by atoms with Gasteiger partial charge in [0.1, 0.15) is 0 Å². The predicted octanol–water partition coefficient (Wildman–Crippen LogP) is 2.78. The summed E-state index contributed by atoms with van der Waals surface area (Å²) < 4.78 is 0. The van der Waals surface area contributed by atoms with Crippen molar-refractivity contribution < 1.29 is 0 Å². The first-order valence-electron chi connectivity index (χ1n) is 6.52. The lowest BCUT2D eigenvalue weighted by molar-refractivity contribution is 0.590. The minimum Gasteiger partial charge on any atom is -0.370 e. The Balaban J connectivity index is 2.12. The van der Waals surface area contributed by atoms with Crippen molar-refractivity contribution in [2.45, 2.75) is 38.6 Å². The lowest BCUT2D eigenvalue weighted by atomic mass is 9.87. The fourth-order valence-electron chi connectivity index (χ4n) is 2.38. The summed E-state index contributed by atoms with van der Waals surface area (Å²) in [6.45, 7) is 9.03. The molecule has 0 aromatic heterocycles. The highest BCUT2D eigenvalue weighted by atomic mass is 15.2. The summed E-state index contributed by atoms with van der Waals surface area (Å²) in [4.78, 5) is 2.40. The van der Waals surface area contributed by atoms with Crippen LogP contribution in [-0.2, 0) is 5.41 Å². The van der Waals surface area contributed by atoms with Crippen LogP contribution in [0.15, 0.2) is 24.3 Å². The molecule has 17 heavy (non-hydrogen) atoms. The van der Waals surface area contributed by atoms with Crippen LogP contribution >= 0.6 is 0 Å². The molecule has 94 valence electrons. The van der Waals surface area contributed by atoms with Crippen LogP contribution < -0.4 is 10.2 Å². The van der Waals surface area contributed by atoms with Crippen molar-refractivity contribution in [2.24, 2.45) is 0 Å². The molecule has 1 N–H and O–H groups in total. The minimum atomic E-state index is 0.242. The summed E-state index contributed by atoms with van der Waals surface area (Å²) in [5.74, 6) is 0. The lowest BCUT2D eigenvalue weighted by Gasteiger charge is -2.27. The molecule has 1 unspecified atom stereocenters. The van der Waals surface area contributed by atoms with Crippen molar-refractivity contribution >= 4 is 5.69 Å². The Morgan fingerprint density at radius 2 is 1.82 bits per heavy atom. The standard InChI is InChI=1S/C15H24N2/c1-15(2,3)12-5-7-13(8-6-12)17(4)14-9-10-16-11-14/h5-8,14,16H,9-11H2,1-4H3. The van der Waals surface area contributed by atoms with Gasteiger partial charge in [-0.05, 0) is 36.1 Å². The Morgan fingerprint density at radius 3 is 2.29 bits per heavy atom. The second-order valence-electron chi connectivity index (χ2n) is 6.05. The first kappa shape index (κ1) is 12.4. The molecular formula is C15H24N2. The molecule has 2 nitrogen and oxygen atoms in total. The van der Waals surface area contributed by atoms with Gasteiger partial charge in [-0.15, -0.1) is 0 Å².